The predicted octanol–water partition coefficient (Wildman–Crippen LogP) is 5.45. The second kappa shape index (κ2) is 15.3. The van der Waals surface area contributed by atoms with Gasteiger partial charge in [0.05, 0.1) is 12.5 Å². The number of nitrogens with one attached hydrogen (secondary N) is 2. The highest BCUT2D eigenvalue weighted by atomic mass is 19.1. The van der Waals surface area contributed by atoms with Crippen molar-refractivity contribution in [1.82, 2.24) is 24.7 Å². The average Bonchev–Trinajstić information content (AvgIpc) is 3.15. The maximum Gasteiger partial charge on any atom is 0.259 e. The van der Waals surface area contributed by atoms with Gasteiger partial charge < -0.3 is 19.5 Å². The Balaban J connectivity index is 0.873. The van der Waals surface area contributed by atoms with E-state index in [1.807, 2.05) is 18.2 Å². The lowest BCUT2D eigenvalue weighted by molar-refractivity contribution is -0.133. The zero-order valence-corrected chi connectivity index (χ0v) is 29.5. The summed E-state index contributed by atoms with van der Waals surface area (Å²) in [6.45, 7) is 5.68. The average molecular weight is 695 g/mol. The molecular formula is C40H47FN6O4. The molecule has 3 fully saturated rings. The lowest BCUT2D eigenvalue weighted by Gasteiger charge is -2.35. The largest absolute Gasteiger partial charge is 0.496 e. The van der Waals surface area contributed by atoms with Crippen LogP contribution in [0.3, 0.4) is 0 Å². The first-order valence-corrected chi connectivity index (χ1v) is 18.2. The zero-order chi connectivity index (χ0) is 35.5. The van der Waals surface area contributed by atoms with Crippen molar-refractivity contribution in [2.45, 2.75) is 63.5 Å². The highest BCUT2D eigenvalue weighted by Crippen LogP contribution is 2.35. The molecule has 7 rings (SSSR count). The molecule has 10 nitrogen and oxygen atoms in total. The number of methoxy groups -OCH3 is 1. The number of hydrogen-bond donors (Lipinski definition) is 2. The van der Waals surface area contributed by atoms with Crippen molar-refractivity contribution in [2.75, 3.05) is 45.2 Å². The minimum Gasteiger partial charge on any atom is -0.496 e. The molecule has 2 aromatic heterocycles. The number of imide groups is 1. The van der Waals surface area contributed by atoms with E-state index in [2.05, 4.69) is 37.6 Å². The number of halogens is 1. The number of ether oxygens (including phenoxy) is 1. The van der Waals surface area contributed by atoms with Crippen LogP contribution >= 0.6 is 0 Å². The molecule has 0 radical (unpaired) electrons. The third-order valence-electron chi connectivity index (χ3n) is 11.2. The van der Waals surface area contributed by atoms with Gasteiger partial charge in [0.2, 0.25) is 11.8 Å². The van der Waals surface area contributed by atoms with Crippen molar-refractivity contribution >= 4 is 28.3 Å². The van der Waals surface area contributed by atoms with Crippen molar-refractivity contribution in [3.63, 3.8) is 0 Å². The number of fused-ring (bicyclic) bond motifs is 1. The molecule has 2 N–H and O–H groups in total. The highest BCUT2D eigenvalue weighted by Gasteiger charge is 2.27. The monoisotopic (exact) mass is 694 g/mol. The molecule has 4 aromatic rings. The Labute approximate surface area is 298 Å². The van der Waals surface area contributed by atoms with Crippen LogP contribution in [0.25, 0.3) is 21.9 Å². The van der Waals surface area contributed by atoms with Gasteiger partial charge in [-0.05, 0) is 130 Å². The number of benzene rings is 2. The van der Waals surface area contributed by atoms with Gasteiger partial charge in [-0.3, -0.25) is 29.6 Å². The molecule has 1 atom stereocenters. The SMILES string of the molecule is COc1cc(-c2cn(C)c(=O)c3cnccc23)cc(F)c1CN1CCC(CCN2CCC(c3ccc(NC4CCC(=O)NC4=O)cc3)CC2)CC1. The van der Waals surface area contributed by atoms with Gasteiger partial charge in [-0.1, -0.05) is 12.1 Å². The first-order chi connectivity index (χ1) is 24.7. The van der Waals surface area contributed by atoms with Crippen molar-refractivity contribution in [1.29, 1.82) is 0 Å². The van der Waals surface area contributed by atoms with Crippen LogP contribution in [0.1, 0.15) is 62.0 Å². The van der Waals surface area contributed by atoms with Crippen LogP contribution in [-0.2, 0) is 23.2 Å². The second-order valence-electron chi connectivity index (χ2n) is 14.4. The number of carbonyl (C=O) groups excluding carboxylic acids is 2. The van der Waals surface area contributed by atoms with E-state index in [1.54, 1.807) is 44.9 Å². The molecule has 268 valence electrons. The number of aromatic nitrogens is 2. The summed E-state index contributed by atoms with van der Waals surface area (Å²) in [5.41, 5.74) is 4.11. The minimum absolute atomic E-state index is 0.138. The Morgan fingerprint density at radius 3 is 2.41 bits per heavy atom. The minimum atomic E-state index is -0.367. The summed E-state index contributed by atoms with van der Waals surface area (Å²) < 4.78 is 23.0. The smallest absolute Gasteiger partial charge is 0.259 e. The molecule has 5 heterocycles. The van der Waals surface area contributed by atoms with Crippen molar-refractivity contribution in [2.24, 2.45) is 13.0 Å². The zero-order valence-electron chi connectivity index (χ0n) is 29.5. The number of amides is 2. The van der Waals surface area contributed by atoms with Crippen LogP contribution in [0.15, 0.2) is 65.8 Å². The number of likely N-dealkylation sites (tertiary alicyclic amines) is 2. The molecule has 3 saturated heterocycles. The number of nitrogens with zero attached hydrogens (tertiary/aromatic N) is 4. The molecule has 0 bridgehead atoms. The van der Waals surface area contributed by atoms with Gasteiger partial charge in [-0.15, -0.1) is 0 Å². The normalized spacial score (nSPS) is 19.7. The topological polar surface area (TPSA) is 109 Å². The first kappa shape index (κ1) is 34.8. The summed E-state index contributed by atoms with van der Waals surface area (Å²) in [5, 5.41) is 6.91. The number of pyridine rings is 2. The van der Waals surface area contributed by atoms with E-state index < -0.39 is 0 Å². The molecular weight excluding hydrogens is 647 g/mol. The molecule has 2 aromatic carbocycles. The van der Waals surface area contributed by atoms with E-state index in [1.165, 1.54) is 16.6 Å². The van der Waals surface area contributed by atoms with E-state index in [0.29, 0.717) is 53.5 Å². The molecule has 0 aliphatic carbocycles. The number of rotatable bonds is 10. The molecule has 1 unspecified atom stereocenters. The van der Waals surface area contributed by atoms with E-state index in [4.69, 9.17) is 4.74 Å². The van der Waals surface area contributed by atoms with Gasteiger partial charge in [0.1, 0.15) is 17.6 Å². The molecule has 2 amide bonds. The third-order valence-corrected chi connectivity index (χ3v) is 11.2. The molecule has 11 heteroatoms. The van der Waals surface area contributed by atoms with Gasteiger partial charge in [0, 0.05) is 55.4 Å². The molecule has 0 saturated carbocycles. The van der Waals surface area contributed by atoms with E-state index in [9.17, 15) is 14.4 Å². The van der Waals surface area contributed by atoms with Crippen LogP contribution in [0, 0.1) is 11.7 Å². The Hall–Kier alpha value is -4.61. The Bertz CT molecular complexity index is 1950. The maximum atomic E-state index is 15.8. The highest BCUT2D eigenvalue weighted by molar-refractivity contribution is 6.01. The maximum absolute atomic E-state index is 15.8. The van der Waals surface area contributed by atoms with Gasteiger partial charge in [0.25, 0.3) is 5.56 Å². The number of anilines is 1. The Kier molecular flexibility index (Phi) is 10.5. The van der Waals surface area contributed by atoms with E-state index in [-0.39, 0.29) is 29.2 Å². The molecule has 3 aliphatic rings. The number of hydrogen-bond acceptors (Lipinski definition) is 8. The van der Waals surface area contributed by atoms with Gasteiger partial charge in [-0.2, -0.15) is 0 Å². The fraction of sp³-hybridized carbons (Fsp3) is 0.450. The van der Waals surface area contributed by atoms with Crippen molar-refractivity contribution < 1.29 is 18.7 Å². The lowest BCUT2D eigenvalue weighted by atomic mass is 9.88. The van der Waals surface area contributed by atoms with Crippen molar-refractivity contribution in [3.05, 3.63) is 88.4 Å². The van der Waals surface area contributed by atoms with Gasteiger partial charge in [-0.25, -0.2) is 4.39 Å². The summed E-state index contributed by atoms with van der Waals surface area (Å²) in [7, 11) is 3.28. The summed E-state index contributed by atoms with van der Waals surface area (Å²) in [6.07, 6.45) is 11.5. The molecule has 0 spiro atoms. The first-order valence-electron chi connectivity index (χ1n) is 18.2. The van der Waals surface area contributed by atoms with Gasteiger partial charge in [0.15, 0.2) is 0 Å². The van der Waals surface area contributed by atoms with E-state index >= 15 is 4.39 Å². The van der Waals surface area contributed by atoms with Crippen LogP contribution in [0.5, 0.6) is 5.75 Å². The fourth-order valence-corrected chi connectivity index (χ4v) is 8.04. The third kappa shape index (κ3) is 7.84. The predicted molar refractivity (Wildman–Crippen MR) is 196 cm³/mol. The summed E-state index contributed by atoms with van der Waals surface area (Å²) in [6, 6.07) is 13.3. The summed E-state index contributed by atoms with van der Waals surface area (Å²) >= 11 is 0. The second-order valence-corrected chi connectivity index (χ2v) is 14.4. The standard InChI is InChI=1S/C40H47FN6O4/c1-45-24-33(31-9-15-42-23-32(31)40(45)50)29-21-35(41)34(37(22-29)51-2)25-47-17-11-26(12-18-47)10-16-46-19-13-28(14-20-46)27-3-5-30(6-4-27)43-36-7-8-38(48)44-39(36)49/h3-6,9,15,21-24,26,28,36,43H,7-8,10-14,16-20,25H2,1-2H3,(H,44,48,49). The number of aryl methyl sites for hydroxylation is 1. The van der Waals surface area contributed by atoms with Gasteiger partial charge >= 0.3 is 0 Å². The van der Waals surface area contributed by atoms with E-state index in [0.717, 1.165) is 75.0 Å². The molecule has 3 aliphatic heterocycles. The van der Waals surface area contributed by atoms with Crippen LogP contribution in [-0.4, -0.2) is 77.0 Å². The van der Waals surface area contributed by atoms with Crippen LogP contribution in [0.4, 0.5) is 10.1 Å². The Morgan fingerprint density at radius 2 is 1.69 bits per heavy atom. The van der Waals surface area contributed by atoms with Crippen LogP contribution in [0.2, 0.25) is 0 Å². The summed E-state index contributed by atoms with van der Waals surface area (Å²) in [5.74, 6) is 0.979. The summed E-state index contributed by atoms with van der Waals surface area (Å²) in [4.78, 5) is 45.2. The number of carbonyl (C=O) groups is 2. The Morgan fingerprint density at radius 1 is 0.941 bits per heavy atom. The lowest BCUT2D eigenvalue weighted by Crippen LogP contribution is -2.47. The number of piperidine rings is 3. The van der Waals surface area contributed by atoms with Crippen molar-refractivity contribution in [3.8, 4) is 16.9 Å². The van der Waals surface area contributed by atoms with Crippen LogP contribution < -0.4 is 20.9 Å². The molecule has 51 heavy (non-hydrogen) atoms. The quantitative estimate of drug-likeness (QED) is 0.211. The fourth-order valence-electron chi connectivity index (χ4n) is 8.04.